The van der Waals surface area contributed by atoms with Gasteiger partial charge in [-0.3, -0.25) is 0 Å². The minimum atomic E-state index is -2.33. The topological polar surface area (TPSA) is 25.2 Å². The first kappa shape index (κ1) is 12.9. The molecule has 96 valence electrons. The molecule has 5 heteroatoms. The van der Waals surface area contributed by atoms with E-state index >= 15 is 0 Å². The van der Waals surface area contributed by atoms with Gasteiger partial charge in [0.25, 0.3) is 5.76 Å². The average molecular weight is 261 g/mol. The van der Waals surface area contributed by atoms with Gasteiger partial charge in [0.1, 0.15) is 11.5 Å². The van der Waals surface area contributed by atoms with Crippen molar-refractivity contribution < 1.29 is 13.2 Å². The van der Waals surface area contributed by atoms with Crippen LogP contribution in [0.3, 0.4) is 0 Å². The average Bonchev–Trinajstić information content (AvgIpc) is 3.01. The Morgan fingerprint density at radius 1 is 1.35 bits per heavy atom. The van der Waals surface area contributed by atoms with Crippen molar-refractivity contribution in [1.82, 2.24) is 5.32 Å². The number of hydrogen-bond donors (Lipinski definition) is 1. The van der Waals surface area contributed by atoms with Crippen molar-refractivity contribution >= 4 is 11.8 Å². The Hall–Kier alpha value is -0.550. The number of furan rings is 1. The van der Waals surface area contributed by atoms with Crippen molar-refractivity contribution in [3.05, 3.63) is 23.7 Å². The number of hydrogen-bond acceptors (Lipinski definition) is 3. The van der Waals surface area contributed by atoms with Gasteiger partial charge in [-0.1, -0.05) is 24.6 Å². The largest absolute Gasteiger partial charge is 0.464 e. The molecule has 2 rings (SSSR count). The molecule has 1 saturated carbocycles. The molecule has 1 aromatic heterocycles. The Morgan fingerprint density at radius 3 is 2.82 bits per heavy atom. The lowest BCUT2D eigenvalue weighted by Crippen LogP contribution is -2.14. The van der Waals surface area contributed by atoms with Crippen LogP contribution in [-0.2, 0) is 12.3 Å². The molecule has 1 heterocycles. The summed E-state index contributed by atoms with van der Waals surface area (Å²) in [7, 11) is 0. The van der Waals surface area contributed by atoms with Crippen LogP contribution < -0.4 is 5.32 Å². The molecule has 1 N–H and O–H groups in total. The maximum atomic E-state index is 12.0. The second-order valence-electron chi connectivity index (χ2n) is 4.35. The van der Waals surface area contributed by atoms with Crippen molar-refractivity contribution in [2.45, 2.75) is 37.3 Å². The Balaban J connectivity index is 1.62. The van der Waals surface area contributed by atoms with Crippen LogP contribution in [0.15, 0.2) is 16.5 Å². The first-order valence-electron chi connectivity index (χ1n) is 5.92. The highest BCUT2D eigenvalue weighted by molar-refractivity contribution is 7.98. The van der Waals surface area contributed by atoms with E-state index in [0.29, 0.717) is 24.1 Å². The molecular formula is C12H17F2NOS. The molecule has 1 aliphatic carbocycles. The van der Waals surface area contributed by atoms with Crippen molar-refractivity contribution in [1.29, 1.82) is 0 Å². The van der Waals surface area contributed by atoms with Crippen molar-refractivity contribution in [3.8, 4) is 0 Å². The van der Waals surface area contributed by atoms with Crippen LogP contribution in [0.4, 0.5) is 8.78 Å². The van der Waals surface area contributed by atoms with Crippen molar-refractivity contribution in [3.63, 3.8) is 0 Å². The smallest absolute Gasteiger partial charge is 0.284 e. The molecule has 0 amide bonds. The number of rotatable bonds is 8. The zero-order valence-electron chi connectivity index (χ0n) is 9.62. The zero-order valence-corrected chi connectivity index (χ0v) is 10.4. The summed E-state index contributed by atoms with van der Waals surface area (Å²) in [6.45, 7) is 1.69. The highest BCUT2D eigenvalue weighted by atomic mass is 32.2. The van der Waals surface area contributed by atoms with E-state index in [-0.39, 0.29) is 5.75 Å². The van der Waals surface area contributed by atoms with Gasteiger partial charge in [0.05, 0.1) is 12.3 Å². The summed E-state index contributed by atoms with van der Waals surface area (Å²) >= 11 is 0.591. The predicted molar refractivity (Wildman–Crippen MR) is 65.1 cm³/mol. The SMILES string of the molecule is FC(F)SCc1ccc(CNCCC2CC2)o1. The lowest BCUT2D eigenvalue weighted by atomic mass is 10.3. The van der Waals surface area contributed by atoms with Crippen LogP contribution in [0, 0.1) is 5.92 Å². The lowest BCUT2D eigenvalue weighted by Gasteiger charge is -2.01. The van der Waals surface area contributed by atoms with Gasteiger partial charge in [0, 0.05) is 0 Å². The Morgan fingerprint density at radius 2 is 2.12 bits per heavy atom. The second-order valence-corrected chi connectivity index (χ2v) is 5.33. The number of nitrogens with one attached hydrogen (secondary N) is 1. The molecular weight excluding hydrogens is 244 g/mol. The summed E-state index contributed by atoms with van der Waals surface area (Å²) in [5, 5.41) is 3.30. The summed E-state index contributed by atoms with van der Waals surface area (Å²) in [6.07, 6.45) is 3.98. The molecule has 1 fully saturated rings. The van der Waals surface area contributed by atoms with Crippen LogP contribution in [0.2, 0.25) is 0 Å². The fraction of sp³-hybridized carbons (Fsp3) is 0.667. The molecule has 0 aliphatic heterocycles. The molecule has 0 spiro atoms. The zero-order chi connectivity index (χ0) is 12.1. The van der Waals surface area contributed by atoms with Gasteiger partial charge < -0.3 is 9.73 Å². The monoisotopic (exact) mass is 261 g/mol. The predicted octanol–water partition coefficient (Wildman–Crippen LogP) is 3.63. The summed E-state index contributed by atoms with van der Waals surface area (Å²) in [4.78, 5) is 0. The van der Waals surface area contributed by atoms with Gasteiger partial charge in [-0.15, -0.1) is 0 Å². The van der Waals surface area contributed by atoms with Gasteiger partial charge in [-0.25, -0.2) is 0 Å². The van der Waals surface area contributed by atoms with E-state index in [9.17, 15) is 8.78 Å². The van der Waals surface area contributed by atoms with Crippen molar-refractivity contribution in [2.24, 2.45) is 5.92 Å². The summed E-state index contributed by atoms with van der Waals surface area (Å²) in [6, 6.07) is 3.62. The van der Waals surface area contributed by atoms with Gasteiger partial charge >= 0.3 is 0 Å². The second kappa shape index (κ2) is 6.40. The maximum absolute atomic E-state index is 12.0. The van der Waals surface area contributed by atoms with E-state index in [0.717, 1.165) is 18.2 Å². The van der Waals surface area contributed by atoms with Crippen LogP contribution in [0.1, 0.15) is 30.8 Å². The standard InChI is InChI=1S/C12H17F2NOS/c13-12(14)17-8-11-4-3-10(16-11)7-15-6-5-9-1-2-9/h3-4,9,12,15H,1-2,5-8H2. The minimum Gasteiger partial charge on any atom is -0.464 e. The van der Waals surface area contributed by atoms with E-state index in [1.54, 1.807) is 6.07 Å². The number of thioether (sulfide) groups is 1. The summed E-state index contributed by atoms with van der Waals surface area (Å²) < 4.78 is 29.4. The third-order valence-corrected chi connectivity index (χ3v) is 3.50. The summed E-state index contributed by atoms with van der Waals surface area (Å²) in [5.41, 5.74) is 0. The molecule has 0 saturated heterocycles. The summed E-state index contributed by atoms with van der Waals surface area (Å²) in [5.74, 6) is 0.275. The van der Waals surface area contributed by atoms with E-state index in [1.807, 2.05) is 6.07 Å². The highest BCUT2D eigenvalue weighted by Crippen LogP contribution is 2.31. The Labute approximate surface area is 104 Å². The van der Waals surface area contributed by atoms with E-state index in [4.69, 9.17) is 4.42 Å². The highest BCUT2D eigenvalue weighted by Gasteiger charge is 2.19. The molecule has 0 aromatic carbocycles. The molecule has 1 aliphatic rings. The van der Waals surface area contributed by atoms with E-state index in [2.05, 4.69) is 5.32 Å². The fourth-order valence-electron chi connectivity index (χ4n) is 1.66. The molecule has 0 radical (unpaired) electrons. The molecule has 17 heavy (non-hydrogen) atoms. The minimum absolute atomic E-state index is 0.236. The normalized spacial score (nSPS) is 15.7. The molecule has 2 nitrogen and oxygen atoms in total. The first-order valence-corrected chi connectivity index (χ1v) is 6.97. The van der Waals surface area contributed by atoms with E-state index < -0.39 is 5.76 Å². The van der Waals surface area contributed by atoms with Gasteiger partial charge in [0.2, 0.25) is 0 Å². The lowest BCUT2D eigenvalue weighted by molar-refractivity contribution is 0.251. The van der Waals surface area contributed by atoms with Crippen LogP contribution in [0.25, 0.3) is 0 Å². The molecule has 0 unspecified atom stereocenters. The Kier molecular flexibility index (Phi) is 4.86. The quantitative estimate of drug-likeness (QED) is 0.723. The fourth-order valence-corrected chi connectivity index (χ4v) is 2.11. The third kappa shape index (κ3) is 5.08. The van der Waals surface area contributed by atoms with Gasteiger partial charge in [-0.2, -0.15) is 8.78 Å². The number of halogens is 2. The van der Waals surface area contributed by atoms with E-state index in [1.165, 1.54) is 19.3 Å². The Bertz CT molecular complexity index is 339. The van der Waals surface area contributed by atoms with Gasteiger partial charge in [0.15, 0.2) is 0 Å². The number of alkyl halides is 2. The molecule has 0 atom stereocenters. The van der Waals surface area contributed by atoms with Crippen LogP contribution in [0.5, 0.6) is 0 Å². The third-order valence-electron chi connectivity index (χ3n) is 2.79. The molecule has 0 bridgehead atoms. The van der Waals surface area contributed by atoms with Crippen LogP contribution in [-0.4, -0.2) is 12.3 Å². The van der Waals surface area contributed by atoms with Crippen molar-refractivity contribution in [2.75, 3.05) is 6.54 Å². The molecule has 1 aromatic rings. The van der Waals surface area contributed by atoms with Crippen LogP contribution >= 0.6 is 11.8 Å². The van der Waals surface area contributed by atoms with Gasteiger partial charge in [-0.05, 0) is 31.0 Å². The maximum Gasteiger partial charge on any atom is 0.284 e. The first-order chi connectivity index (χ1) is 8.24.